The molecular weight excluding hydrogens is 326 g/mol. The Hall–Kier alpha value is -1.19. The minimum Gasteiger partial charge on any atom is -0.496 e. The summed E-state index contributed by atoms with van der Waals surface area (Å²) in [7, 11) is 1.65. The van der Waals surface area contributed by atoms with Crippen molar-refractivity contribution < 1.29 is 4.74 Å². The van der Waals surface area contributed by atoms with Crippen molar-refractivity contribution in [3.8, 4) is 5.75 Å². The van der Waals surface area contributed by atoms with Gasteiger partial charge in [0, 0.05) is 17.3 Å². The maximum Gasteiger partial charge on any atom is 0.133 e. The fraction of sp³-hybridized carbons (Fsp3) is 0.200. The summed E-state index contributed by atoms with van der Waals surface area (Å²) in [5, 5.41) is 4.14. The summed E-state index contributed by atoms with van der Waals surface area (Å²) >= 11 is 9.67. The van der Waals surface area contributed by atoms with Gasteiger partial charge in [-0.1, -0.05) is 23.7 Å². The molecule has 19 heavy (non-hydrogen) atoms. The van der Waals surface area contributed by atoms with E-state index in [-0.39, 0.29) is 0 Å². The van der Waals surface area contributed by atoms with E-state index in [4.69, 9.17) is 16.3 Å². The lowest BCUT2D eigenvalue weighted by atomic mass is 10.1. The highest BCUT2D eigenvalue weighted by Crippen LogP contribution is 2.28. The number of anilines is 1. The van der Waals surface area contributed by atoms with Crippen molar-refractivity contribution in [1.29, 1.82) is 0 Å². The van der Waals surface area contributed by atoms with Gasteiger partial charge in [0.25, 0.3) is 0 Å². The van der Waals surface area contributed by atoms with E-state index in [1.54, 1.807) is 7.11 Å². The Kier molecular flexibility index (Phi) is 4.72. The van der Waals surface area contributed by atoms with Gasteiger partial charge in [-0.05, 0) is 58.2 Å². The second-order valence-corrected chi connectivity index (χ2v) is 5.56. The number of ether oxygens (including phenoxy) is 1. The van der Waals surface area contributed by atoms with Crippen molar-refractivity contribution in [1.82, 2.24) is 0 Å². The van der Waals surface area contributed by atoms with Crippen LogP contribution in [0.1, 0.15) is 11.1 Å². The van der Waals surface area contributed by atoms with Crippen LogP contribution in [0, 0.1) is 6.92 Å². The third kappa shape index (κ3) is 3.64. The average Bonchev–Trinajstić information content (AvgIpc) is 2.38. The third-order valence-electron chi connectivity index (χ3n) is 2.84. The van der Waals surface area contributed by atoms with E-state index in [0.717, 1.165) is 26.5 Å². The molecule has 0 aliphatic heterocycles. The van der Waals surface area contributed by atoms with Crippen molar-refractivity contribution in [2.75, 3.05) is 12.4 Å². The van der Waals surface area contributed by atoms with Crippen LogP contribution >= 0.6 is 27.5 Å². The van der Waals surface area contributed by atoms with Gasteiger partial charge in [-0.2, -0.15) is 0 Å². The second-order valence-electron chi connectivity index (χ2n) is 4.30. The lowest BCUT2D eigenvalue weighted by molar-refractivity contribution is 0.412. The predicted octanol–water partition coefficient (Wildman–Crippen LogP) is 5.03. The zero-order valence-corrected chi connectivity index (χ0v) is 13.2. The third-order valence-corrected chi connectivity index (χ3v) is 3.81. The molecule has 1 N–H and O–H groups in total. The molecule has 2 nitrogen and oxygen atoms in total. The normalized spacial score (nSPS) is 10.3. The van der Waals surface area contributed by atoms with Crippen LogP contribution in [0.2, 0.25) is 5.02 Å². The molecule has 0 radical (unpaired) electrons. The van der Waals surface area contributed by atoms with Crippen LogP contribution in [0.5, 0.6) is 5.75 Å². The van der Waals surface area contributed by atoms with E-state index in [0.29, 0.717) is 6.54 Å². The van der Waals surface area contributed by atoms with Gasteiger partial charge < -0.3 is 10.1 Å². The first-order valence-corrected chi connectivity index (χ1v) is 7.09. The zero-order valence-electron chi connectivity index (χ0n) is 10.8. The topological polar surface area (TPSA) is 21.3 Å². The highest BCUT2D eigenvalue weighted by Gasteiger charge is 2.03. The van der Waals surface area contributed by atoms with Gasteiger partial charge >= 0.3 is 0 Å². The summed E-state index contributed by atoms with van der Waals surface area (Å²) in [5.41, 5.74) is 3.27. The summed E-state index contributed by atoms with van der Waals surface area (Å²) in [5.74, 6) is 0.818. The molecule has 0 amide bonds. The molecule has 0 aromatic heterocycles. The molecule has 4 heteroatoms. The van der Waals surface area contributed by atoms with Crippen LogP contribution in [0.3, 0.4) is 0 Å². The van der Waals surface area contributed by atoms with Crippen LogP contribution in [-0.4, -0.2) is 7.11 Å². The van der Waals surface area contributed by atoms with Gasteiger partial charge in [0.05, 0.1) is 11.6 Å². The molecule has 2 aromatic rings. The summed E-state index contributed by atoms with van der Waals surface area (Å²) in [6.07, 6.45) is 0. The summed E-state index contributed by atoms with van der Waals surface area (Å²) in [4.78, 5) is 0. The van der Waals surface area contributed by atoms with Gasteiger partial charge in [0.15, 0.2) is 0 Å². The highest BCUT2D eigenvalue weighted by molar-refractivity contribution is 9.10. The molecule has 0 bridgehead atoms. The van der Waals surface area contributed by atoms with E-state index < -0.39 is 0 Å². The Morgan fingerprint density at radius 3 is 2.63 bits per heavy atom. The van der Waals surface area contributed by atoms with E-state index in [1.807, 2.05) is 37.3 Å². The largest absolute Gasteiger partial charge is 0.496 e. The van der Waals surface area contributed by atoms with Crippen LogP contribution in [0.4, 0.5) is 5.69 Å². The zero-order chi connectivity index (χ0) is 13.8. The fourth-order valence-corrected chi connectivity index (χ4v) is 2.61. The molecule has 0 saturated carbocycles. The molecule has 0 heterocycles. The van der Waals surface area contributed by atoms with E-state index in [1.165, 1.54) is 5.56 Å². The van der Waals surface area contributed by atoms with Gasteiger partial charge in [-0.25, -0.2) is 0 Å². The number of hydrogen-bond acceptors (Lipinski definition) is 2. The number of nitrogens with one attached hydrogen (secondary N) is 1. The highest BCUT2D eigenvalue weighted by atomic mass is 79.9. The summed E-state index contributed by atoms with van der Waals surface area (Å²) < 4.78 is 6.13. The molecule has 0 unspecified atom stereocenters. The van der Waals surface area contributed by atoms with Crippen molar-refractivity contribution in [3.05, 3.63) is 57.0 Å². The lowest BCUT2D eigenvalue weighted by Gasteiger charge is -2.10. The Morgan fingerprint density at radius 1 is 1.21 bits per heavy atom. The first-order chi connectivity index (χ1) is 9.10. The van der Waals surface area contributed by atoms with E-state index in [9.17, 15) is 0 Å². The number of halogens is 2. The van der Waals surface area contributed by atoms with Crippen LogP contribution in [0.15, 0.2) is 40.9 Å². The quantitative estimate of drug-likeness (QED) is 0.842. The monoisotopic (exact) mass is 339 g/mol. The fourth-order valence-electron chi connectivity index (χ4n) is 1.77. The molecule has 100 valence electrons. The molecule has 0 spiro atoms. The van der Waals surface area contributed by atoms with Gasteiger partial charge in [0.1, 0.15) is 5.75 Å². The number of aryl methyl sites for hydroxylation is 1. The van der Waals surface area contributed by atoms with Crippen molar-refractivity contribution in [3.63, 3.8) is 0 Å². The summed E-state index contributed by atoms with van der Waals surface area (Å²) in [6, 6.07) is 12.0. The predicted molar refractivity (Wildman–Crippen MR) is 84.2 cm³/mol. The van der Waals surface area contributed by atoms with Crippen LogP contribution < -0.4 is 10.1 Å². The van der Waals surface area contributed by atoms with Crippen molar-refractivity contribution in [2.45, 2.75) is 13.5 Å². The van der Waals surface area contributed by atoms with Crippen molar-refractivity contribution in [2.24, 2.45) is 0 Å². The van der Waals surface area contributed by atoms with E-state index in [2.05, 4.69) is 27.3 Å². The smallest absolute Gasteiger partial charge is 0.133 e. The molecule has 0 fully saturated rings. The number of rotatable bonds is 4. The molecule has 0 atom stereocenters. The molecule has 2 rings (SSSR count). The van der Waals surface area contributed by atoms with Crippen LogP contribution in [-0.2, 0) is 6.54 Å². The lowest BCUT2D eigenvalue weighted by Crippen LogP contribution is -2.00. The maximum atomic E-state index is 6.21. The van der Waals surface area contributed by atoms with Crippen LogP contribution in [0.25, 0.3) is 0 Å². The number of benzene rings is 2. The molecule has 2 aromatic carbocycles. The number of methoxy groups -OCH3 is 1. The Morgan fingerprint density at radius 2 is 2.00 bits per heavy atom. The first kappa shape index (κ1) is 14.2. The summed E-state index contributed by atoms with van der Waals surface area (Å²) in [6.45, 7) is 2.72. The Bertz CT molecular complexity index is 586. The molecular formula is C15H15BrClNO. The SMILES string of the molecule is COc1ccc(NCc2ccc(C)cc2Cl)cc1Br. The molecule has 0 aliphatic rings. The molecule has 0 saturated heterocycles. The van der Waals surface area contributed by atoms with Gasteiger partial charge in [0.2, 0.25) is 0 Å². The average molecular weight is 341 g/mol. The minimum absolute atomic E-state index is 0.692. The minimum atomic E-state index is 0.692. The standard InChI is InChI=1S/C15H15BrClNO/c1-10-3-4-11(14(17)7-10)9-18-12-5-6-15(19-2)13(16)8-12/h3-8,18H,9H2,1-2H3. The molecule has 0 aliphatic carbocycles. The van der Waals surface area contributed by atoms with Gasteiger partial charge in [-0.15, -0.1) is 0 Å². The van der Waals surface area contributed by atoms with Crippen molar-refractivity contribution >= 4 is 33.2 Å². The Labute approximate surface area is 126 Å². The maximum absolute atomic E-state index is 6.21. The van der Waals surface area contributed by atoms with Gasteiger partial charge in [-0.3, -0.25) is 0 Å². The number of hydrogen-bond donors (Lipinski definition) is 1. The Balaban J connectivity index is 2.08. The van der Waals surface area contributed by atoms with E-state index >= 15 is 0 Å². The first-order valence-electron chi connectivity index (χ1n) is 5.92. The second kappa shape index (κ2) is 6.31.